The lowest BCUT2D eigenvalue weighted by Crippen LogP contribution is -2.26. The Hall–Kier alpha value is -1.68. The highest BCUT2D eigenvalue weighted by Gasteiger charge is 2.13. The standard InChI is InChI=1S/C16H15BrFNO/c1-11-3-5-12(6-4-11)10-19(2)16(20)13-7-8-15(18)14(17)9-13/h3-9H,10H2,1-2H3. The van der Waals surface area contributed by atoms with Gasteiger partial charge >= 0.3 is 0 Å². The number of benzene rings is 2. The van der Waals surface area contributed by atoms with Crippen molar-refractivity contribution in [1.82, 2.24) is 4.90 Å². The topological polar surface area (TPSA) is 20.3 Å². The second-order valence-electron chi connectivity index (χ2n) is 4.78. The van der Waals surface area contributed by atoms with Crippen molar-refractivity contribution in [2.45, 2.75) is 13.5 Å². The van der Waals surface area contributed by atoms with Gasteiger partial charge in [0, 0.05) is 19.2 Å². The molecule has 2 aromatic carbocycles. The maximum Gasteiger partial charge on any atom is 0.253 e. The average Bonchev–Trinajstić information content (AvgIpc) is 2.43. The maximum atomic E-state index is 13.2. The van der Waals surface area contributed by atoms with Gasteiger partial charge in [-0.2, -0.15) is 0 Å². The molecule has 0 spiro atoms. The maximum absolute atomic E-state index is 13.2. The normalized spacial score (nSPS) is 10.4. The fourth-order valence-electron chi connectivity index (χ4n) is 1.89. The smallest absolute Gasteiger partial charge is 0.253 e. The van der Waals surface area contributed by atoms with E-state index < -0.39 is 0 Å². The Balaban J connectivity index is 2.11. The minimum absolute atomic E-state index is 0.133. The zero-order valence-corrected chi connectivity index (χ0v) is 12.9. The van der Waals surface area contributed by atoms with Crippen LogP contribution in [-0.4, -0.2) is 17.9 Å². The molecule has 2 aromatic rings. The number of nitrogens with zero attached hydrogens (tertiary/aromatic N) is 1. The van der Waals surface area contributed by atoms with E-state index in [1.54, 1.807) is 11.9 Å². The lowest BCUT2D eigenvalue weighted by molar-refractivity contribution is 0.0785. The minimum Gasteiger partial charge on any atom is -0.337 e. The molecule has 0 fully saturated rings. The van der Waals surface area contributed by atoms with Crippen LogP contribution in [0.5, 0.6) is 0 Å². The lowest BCUT2D eigenvalue weighted by Gasteiger charge is -2.17. The van der Waals surface area contributed by atoms with Gasteiger partial charge in [0.25, 0.3) is 5.91 Å². The summed E-state index contributed by atoms with van der Waals surface area (Å²) in [6.07, 6.45) is 0. The van der Waals surface area contributed by atoms with Crippen molar-refractivity contribution < 1.29 is 9.18 Å². The third kappa shape index (κ3) is 3.45. The molecule has 0 aliphatic heterocycles. The van der Waals surface area contributed by atoms with Crippen LogP contribution < -0.4 is 0 Å². The molecular weight excluding hydrogens is 321 g/mol. The Morgan fingerprint density at radius 1 is 1.20 bits per heavy atom. The Bertz CT molecular complexity index is 625. The van der Waals surface area contributed by atoms with Gasteiger partial charge in [-0.15, -0.1) is 0 Å². The number of carbonyl (C=O) groups excluding carboxylic acids is 1. The molecule has 0 radical (unpaired) electrons. The van der Waals surface area contributed by atoms with Gasteiger partial charge in [-0.3, -0.25) is 4.79 Å². The molecule has 20 heavy (non-hydrogen) atoms. The molecule has 104 valence electrons. The summed E-state index contributed by atoms with van der Waals surface area (Å²) in [4.78, 5) is 13.9. The number of hydrogen-bond donors (Lipinski definition) is 0. The van der Waals surface area contributed by atoms with E-state index in [9.17, 15) is 9.18 Å². The van der Waals surface area contributed by atoms with Crippen LogP contribution in [0, 0.1) is 12.7 Å². The zero-order chi connectivity index (χ0) is 14.7. The number of halogens is 2. The van der Waals surface area contributed by atoms with E-state index in [2.05, 4.69) is 15.9 Å². The summed E-state index contributed by atoms with van der Waals surface area (Å²) in [7, 11) is 1.74. The van der Waals surface area contributed by atoms with Gasteiger partial charge in [-0.25, -0.2) is 4.39 Å². The second-order valence-corrected chi connectivity index (χ2v) is 5.63. The molecule has 2 rings (SSSR count). The highest BCUT2D eigenvalue weighted by atomic mass is 79.9. The van der Waals surface area contributed by atoms with Crippen LogP contribution in [0.25, 0.3) is 0 Å². The van der Waals surface area contributed by atoms with Crippen molar-refractivity contribution in [1.29, 1.82) is 0 Å². The second kappa shape index (κ2) is 6.18. The first kappa shape index (κ1) is 14.7. The van der Waals surface area contributed by atoms with Crippen LogP contribution in [0.4, 0.5) is 4.39 Å². The van der Waals surface area contributed by atoms with Crippen LogP contribution in [-0.2, 0) is 6.54 Å². The highest BCUT2D eigenvalue weighted by molar-refractivity contribution is 9.10. The van der Waals surface area contributed by atoms with E-state index >= 15 is 0 Å². The molecular formula is C16H15BrFNO. The van der Waals surface area contributed by atoms with E-state index in [0.717, 1.165) is 5.56 Å². The third-order valence-corrected chi connectivity index (χ3v) is 3.66. The van der Waals surface area contributed by atoms with Gasteiger partial charge in [0.15, 0.2) is 0 Å². The molecule has 0 bridgehead atoms. The van der Waals surface area contributed by atoms with Crippen molar-refractivity contribution in [2.24, 2.45) is 0 Å². The van der Waals surface area contributed by atoms with Gasteiger partial charge < -0.3 is 4.90 Å². The SMILES string of the molecule is Cc1ccc(CN(C)C(=O)c2ccc(F)c(Br)c2)cc1. The van der Waals surface area contributed by atoms with Crippen LogP contribution in [0.1, 0.15) is 21.5 Å². The summed E-state index contributed by atoms with van der Waals surface area (Å²) in [6.45, 7) is 2.54. The van der Waals surface area contributed by atoms with Gasteiger partial charge in [0.05, 0.1) is 4.47 Å². The fourth-order valence-corrected chi connectivity index (χ4v) is 2.27. The molecule has 0 saturated heterocycles. The van der Waals surface area contributed by atoms with Crippen LogP contribution >= 0.6 is 15.9 Å². The highest BCUT2D eigenvalue weighted by Crippen LogP contribution is 2.18. The largest absolute Gasteiger partial charge is 0.337 e. The predicted octanol–water partition coefficient (Wildman–Crippen LogP) is 4.17. The summed E-state index contributed by atoms with van der Waals surface area (Å²) in [6, 6.07) is 12.3. The van der Waals surface area contributed by atoms with Crippen molar-refractivity contribution in [3.05, 3.63) is 69.4 Å². The number of rotatable bonds is 3. The molecule has 0 atom stereocenters. The molecule has 4 heteroatoms. The van der Waals surface area contributed by atoms with E-state index in [-0.39, 0.29) is 11.7 Å². The zero-order valence-electron chi connectivity index (χ0n) is 11.4. The van der Waals surface area contributed by atoms with Gasteiger partial charge in [0.2, 0.25) is 0 Å². The number of carbonyl (C=O) groups is 1. The van der Waals surface area contributed by atoms with Gasteiger partial charge in [-0.1, -0.05) is 29.8 Å². The van der Waals surface area contributed by atoms with Crippen LogP contribution in [0.3, 0.4) is 0 Å². The molecule has 0 saturated carbocycles. The molecule has 0 aromatic heterocycles. The summed E-state index contributed by atoms with van der Waals surface area (Å²) in [5.41, 5.74) is 2.71. The quantitative estimate of drug-likeness (QED) is 0.824. The molecule has 0 heterocycles. The van der Waals surface area contributed by atoms with E-state index in [1.807, 2.05) is 31.2 Å². The summed E-state index contributed by atoms with van der Waals surface area (Å²) in [5, 5.41) is 0. The van der Waals surface area contributed by atoms with E-state index in [4.69, 9.17) is 0 Å². The van der Waals surface area contributed by atoms with Crippen molar-refractivity contribution in [3.63, 3.8) is 0 Å². The third-order valence-electron chi connectivity index (χ3n) is 3.05. The van der Waals surface area contributed by atoms with Crippen molar-refractivity contribution in [3.8, 4) is 0 Å². The Morgan fingerprint density at radius 2 is 1.85 bits per heavy atom. The van der Waals surface area contributed by atoms with Gasteiger partial charge in [0.1, 0.15) is 5.82 Å². The monoisotopic (exact) mass is 335 g/mol. The Labute approximate surface area is 126 Å². The Morgan fingerprint density at radius 3 is 2.45 bits per heavy atom. The predicted molar refractivity (Wildman–Crippen MR) is 81.1 cm³/mol. The first-order valence-corrected chi connectivity index (χ1v) is 7.03. The first-order chi connectivity index (χ1) is 9.47. The summed E-state index contributed by atoms with van der Waals surface area (Å²) in [5.74, 6) is -0.506. The van der Waals surface area contributed by atoms with E-state index in [1.165, 1.54) is 23.8 Å². The summed E-state index contributed by atoms with van der Waals surface area (Å²) < 4.78 is 13.5. The fraction of sp³-hybridized carbons (Fsp3) is 0.188. The average molecular weight is 336 g/mol. The molecule has 0 aliphatic carbocycles. The molecule has 0 aliphatic rings. The van der Waals surface area contributed by atoms with E-state index in [0.29, 0.717) is 16.6 Å². The lowest BCUT2D eigenvalue weighted by atomic mass is 10.1. The minimum atomic E-state index is -0.372. The van der Waals surface area contributed by atoms with Gasteiger partial charge in [-0.05, 0) is 46.6 Å². The van der Waals surface area contributed by atoms with Crippen molar-refractivity contribution >= 4 is 21.8 Å². The molecule has 1 amide bonds. The number of hydrogen-bond acceptors (Lipinski definition) is 1. The van der Waals surface area contributed by atoms with Crippen LogP contribution in [0.2, 0.25) is 0 Å². The molecule has 0 unspecified atom stereocenters. The van der Waals surface area contributed by atoms with Crippen molar-refractivity contribution in [2.75, 3.05) is 7.05 Å². The first-order valence-electron chi connectivity index (χ1n) is 6.23. The Kier molecular flexibility index (Phi) is 4.55. The number of aryl methyl sites for hydroxylation is 1. The van der Waals surface area contributed by atoms with Crippen LogP contribution in [0.15, 0.2) is 46.9 Å². The molecule has 0 N–H and O–H groups in total. The summed E-state index contributed by atoms with van der Waals surface area (Å²) >= 11 is 3.09. The molecule has 2 nitrogen and oxygen atoms in total. The number of amides is 1.